The molecule has 3 heterocycles. The molecule has 1 aromatic carbocycles. The second-order valence-electron chi connectivity index (χ2n) is 7.93. The topological polar surface area (TPSA) is 85.3 Å². The molecule has 3 aromatic rings. The first-order chi connectivity index (χ1) is 14.5. The zero-order chi connectivity index (χ0) is 21.1. The van der Waals surface area contributed by atoms with E-state index < -0.39 is 0 Å². The summed E-state index contributed by atoms with van der Waals surface area (Å²) >= 11 is 0. The van der Waals surface area contributed by atoms with Crippen molar-refractivity contribution in [1.29, 1.82) is 0 Å². The van der Waals surface area contributed by atoms with E-state index in [1.165, 1.54) is 0 Å². The van der Waals surface area contributed by atoms with Crippen LogP contribution in [0.15, 0.2) is 51.9 Å². The molecule has 1 atom stereocenters. The van der Waals surface area contributed by atoms with Crippen molar-refractivity contribution in [1.82, 2.24) is 24.6 Å². The molecule has 1 aliphatic heterocycles. The maximum absolute atomic E-state index is 12.7. The van der Waals surface area contributed by atoms with E-state index in [4.69, 9.17) is 4.42 Å². The van der Waals surface area contributed by atoms with Gasteiger partial charge >= 0.3 is 5.69 Å². The van der Waals surface area contributed by atoms with Gasteiger partial charge in [0.05, 0.1) is 12.8 Å². The summed E-state index contributed by atoms with van der Waals surface area (Å²) in [6.07, 6.45) is 3.78. The third kappa shape index (κ3) is 4.38. The zero-order valence-corrected chi connectivity index (χ0v) is 17.4. The number of amides is 1. The number of aromatic nitrogens is 3. The Hall–Kier alpha value is -3.13. The maximum atomic E-state index is 12.7. The molecule has 0 saturated heterocycles. The van der Waals surface area contributed by atoms with Gasteiger partial charge in [-0.2, -0.15) is 5.10 Å². The lowest BCUT2D eigenvalue weighted by Gasteiger charge is -2.16. The number of rotatable bonds is 6. The number of carbonyl (C=O) groups excluding carboxylic acids is 1. The molecule has 0 aliphatic carbocycles. The smallest absolute Gasteiger partial charge is 0.345 e. The normalized spacial score (nSPS) is 16.3. The Bertz CT molecular complexity index is 1050. The second-order valence-corrected chi connectivity index (χ2v) is 7.93. The number of hydrogen-bond acceptors (Lipinski definition) is 5. The van der Waals surface area contributed by atoms with E-state index in [9.17, 15) is 9.59 Å². The number of likely N-dealkylation sites (N-methyl/N-ethyl adjacent to an activating group) is 1. The number of carbonyl (C=O) groups is 1. The fraction of sp³-hybridized carbons (Fsp3) is 0.409. The molecule has 1 N–H and O–H groups in total. The van der Waals surface area contributed by atoms with Crippen molar-refractivity contribution in [2.24, 2.45) is 0 Å². The quantitative estimate of drug-likeness (QED) is 0.673. The van der Waals surface area contributed by atoms with Crippen molar-refractivity contribution >= 4 is 5.91 Å². The summed E-state index contributed by atoms with van der Waals surface area (Å²) in [5, 5.41) is 7.62. The molecule has 0 radical (unpaired) electrons. The fourth-order valence-corrected chi connectivity index (χ4v) is 3.71. The van der Waals surface area contributed by atoms with Crippen molar-refractivity contribution in [3.8, 4) is 11.3 Å². The van der Waals surface area contributed by atoms with Crippen molar-refractivity contribution in [2.75, 3.05) is 20.6 Å². The number of aryl methyl sites for hydroxylation is 1. The SMILES string of the molecule is CN(C)CCn1nc2n(c1=O)CCC(NC(=O)c1ccc(-c3ccco3)cc1)CC2. The van der Waals surface area contributed by atoms with Gasteiger partial charge in [-0.25, -0.2) is 9.48 Å². The largest absolute Gasteiger partial charge is 0.464 e. The summed E-state index contributed by atoms with van der Waals surface area (Å²) in [7, 11) is 3.95. The van der Waals surface area contributed by atoms with Gasteiger partial charge in [0.2, 0.25) is 0 Å². The van der Waals surface area contributed by atoms with E-state index in [-0.39, 0.29) is 17.6 Å². The van der Waals surface area contributed by atoms with Crippen molar-refractivity contribution < 1.29 is 9.21 Å². The molecule has 8 nitrogen and oxygen atoms in total. The molecule has 0 bridgehead atoms. The molecule has 0 spiro atoms. The van der Waals surface area contributed by atoms with E-state index in [0.29, 0.717) is 31.5 Å². The second kappa shape index (κ2) is 8.71. The van der Waals surface area contributed by atoms with E-state index in [0.717, 1.165) is 30.1 Å². The average molecular weight is 409 g/mol. The molecule has 30 heavy (non-hydrogen) atoms. The molecule has 1 amide bonds. The highest BCUT2D eigenvalue weighted by atomic mass is 16.3. The minimum Gasteiger partial charge on any atom is -0.464 e. The van der Waals surface area contributed by atoms with Crippen LogP contribution in [0.4, 0.5) is 0 Å². The number of furan rings is 1. The highest BCUT2D eigenvalue weighted by molar-refractivity contribution is 5.94. The minimum absolute atomic E-state index is 0.0126. The van der Waals surface area contributed by atoms with Gasteiger partial charge in [0.1, 0.15) is 11.6 Å². The zero-order valence-electron chi connectivity index (χ0n) is 17.4. The molecular weight excluding hydrogens is 382 g/mol. The van der Waals surface area contributed by atoms with E-state index in [2.05, 4.69) is 10.4 Å². The Labute approximate surface area is 175 Å². The molecular formula is C22H27N5O3. The van der Waals surface area contributed by atoms with Gasteiger partial charge in [-0.1, -0.05) is 12.1 Å². The van der Waals surface area contributed by atoms with Crippen molar-refractivity contribution in [3.63, 3.8) is 0 Å². The van der Waals surface area contributed by atoms with Crippen LogP contribution < -0.4 is 11.0 Å². The van der Waals surface area contributed by atoms with E-state index >= 15 is 0 Å². The molecule has 2 aromatic heterocycles. The summed E-state index contributed by atoms with van der Waals surface area (Å²) in [4.78, 5) is 27.3. The maximum Gasteiger partial charge on any atom is 0.345 e. The van der Waals surface area contributed by atoms with E-state index in [1.807, 2.05) is 43.3 Å². The van der Waals surface area contributed by atoms with Crippen LogP contribution in [0.1, 0.15) is 29.0 Å². The van der Waals surface area contributed by atoms with E-state index in [1.54, 1.807) is 27.6 Å². The molecule has 0 saturated carbocycles. The van der Waals surface area contributed by atoms with Crippen LogP contribution in [0.25, 0.3) is 11.3 Å². The van der Waals surface area contributed by atoms with Gasteiger partial charge in [0.25, 0.3) is 5.91 Å². The summed E-state index contributed by atoms with van der Waals surface area (Å²) in [5.41, 5.74) is 1.48. The van der Waals surface area contributed by atoms with Crippen LogP contribution in [0.2, 0.25) is 0 Å². The number of benzene rings is 1. The molecule has 1 aliphatic rings. The first kappa shape index (κ1) is 20.2. The van der Waals surface area contributed by atoms with Crippen LogP contribution in [-0.4, -0.2) is 51.8 Å². The first-order valence-electron chi connectivity index (χ1n) is 10.3. The Morgan fingerprint density at radius 2 is 2.03 bits per heavy atom. The van der Waals surface area contributed by atoms with Crippen molar-refractivity contribution in [2.45, 2.75) is 38.4 Å². The first-order valence-corrected chi connectivity index (χ1v) is 10.3. The Morgan fingerprint density at radius 1 is 1.23 bits per heavy atom. The lowest BCUT2D eigenvalue weighted by Crippen LogP contribution is -2.36. The Kier molecular flexibility index (Phi) is 5.85. The number of hydrogen-bond donors (Lipinski definition) is 1. The standard InChI is InChI=1S/C22H27N5O3/c1-25(2)13-14-27-22(29)26-12-11-18(9-10-20(26)24-27)23-21(28)17-7-5-16(6-8-17)19-4-3-15-30-19/h3-8,15,18H,9-14H2,1-2H3,(H,23,28). The predicted octanol–water partition coefficient (Wildman–Crippen LogP) is 2.00. The molecule has 8 heteroatoms. The number of nitrogens with one attached hydrogen (secondary N) is 1. The van der Waals surface area contributed by atoms with Crippen LogP contribution in [0.5, 0.6) is 0 Å². The predicted molar refractivity (Wildman–Crippen MR) is 113 cm³/mol. The Morgan fingerprint density at radius 3 is 2.73 bits per heavy atom. The highest BCUT2D eigenvalue weighted by Crippen LogP contribution is 2.20. The fourth-order valence-electron chi connectivity index (χ4n) is 3.71. The lowest BCUT2D eigenvalue weighted by molar-refractivity contribution is 0.0933. The molecule has 1 unspecified atom stereocenters. The van der Waals surface area contributed by atoms with Crippen LogP contribution in [-0.2, 0) is 19.5 Å². The molecule has 0 fully saturated rings. The molecule has 158 valence electrons. The van der Waals surface area contributed by atoms with Gasteiger partial charge in [-0.05, 0) is 51.2 Å². The van der Waals surface area contributed by atoms with Crippen LogP contribution in [0.3, 0.4) is 0 Å². The van der Waals surface area contributed by atoms with Gasteiger partial charge in [-0.3, -0.25) is 9.36 Å². The minimum atomic E-state index is -0.103. The highest BCUT2D eigenvalue weighted by Gasteiger charge is 2.22. The summed E-state index contributed by atoms with van der Waals surface area (Å²) in [5.74, 6) is 1.48. The number of nitrogens with zero attached hydrogens (tertiary/aromatic N) is 4. The molecule has 4 rings (SSSR count). The van der Waals surface area contributed by atoms with Gasteiger partial charge in [0, 0.05) is 36.7 Å². The summed E-state index contributed by atoms with van der Waals surface area (Å²) < 4.78 is 8.69. The van der Waals surface area contributed by atoms with Crippen LogP contribution in [0, 0.1) is 0 Å². The third-order valence-corrected chi connectivity index (χ3v) is 5.46. The summed E-state index contributed by atoms with van der Waals surface area (Å²) in [6.45, 7) is 1.92. The monoisotopic (exact) mass is 409 g/mol. The summed E-state index contributed by atoms with van der Waals surface area (Å²) in [6, 6.07) is 11.1. The third-order valence-electron chi connectivity index (χ3n) is 5.46. The number of fused-ring (bicyclic) bond motifs is 1. The van der Waals surface area contributed by atoms with Gasteiger partial charge in [0.15, 0.2) is 0 Å². The average Bonchev–Trinajstić information content (AvgIpc) is 3.32. The Balaban J connectivity index is 1.37. The van der Waals surface area contributed by atoms with Crippen LogP contribution >= 0.6 is 0 Å². The van der Waals surface area contributed by atoms with Crippen molar-refractivity contribution in [3.05, 3.63) is 64.5 Å². The lowest BCUT2D eigenvalue weighted by atomic mass is 10.1. The van der Waals surface area contributed by atoms with Gasteiger partial charge < -0.3 is 14.6 Å². The van der Waals surface area contributed by atoms with Gasteiger partial charge in [-0.15, -0.1) is 0 Å².